The third-order valence-corrected chi connectivity index (χ3v) is 18.0. The Bertz CT molecular complexity index is 1790. The molecular formula is C49H80O19. The average molecular weight is 973 g/mol. The molecule has 4 aliphatic heterocycles. The summed E-state index contributed by atoms with van der Waals surface area (Å²) in [5, 5.41) is 69.9. The van der Waals surface area contributed by atoms with Crippen LogP contribution in [-0.4, -0.2) is 199 Å². The molecule has 0 bridgehead atoms. The van der Waals surface area contributed by atoms with Gasteiger partial charge in [-0.2, -0.15) is 0 Å². The summed E-state index contributed by atoms with van der Waals surface area (Å²) in [7, 11) is 6.24. The number of carbonyl (C=O) groups excluding carboxylic acids is 1. The quantitative estimate of drug-likeness (QED) is 0.144. The molecule has 0 aromatic carbocycles. The fraction of sp³-hybridized carbons (Fsp3) is 0.939. The first-order valence-electron chi connectivity index (χ1n) is 24.8. The summed E-state index contributed by atoms with van der Waals surface area (Å²) in [6.07, 6.45) is -9.06. The molecule has 4 heterocycles. The number of carbonyl (C=O) groups is 1. The summed E-state index contributed by atoms with van der Waals surface area (Å²) >= 11 is 0. The number of ether oxygens (including phenoxy) is 12. The van der Waals surface area contributed by atoms with Crippen LogP contribution in [0.2, 0.25) is 0 Å². The van der Waals surface area contributed by atoms with E-state index in [1.54, 1.807) is 35.2 Å². The maximum Gasteiger partial charge on any atom is 0.187 e. The van der Waals surface area contributed by atoms with E-state index in [0.29, 0.717) is 44.9 Å². The summed E-state index contributed by atoms with van der Waals surface area (Å²) in [6.45, 7) is 12.4. The van der Waals surface area contributed by atoms with Crippen LogP contribution in [-0.2, 0) is 61.6 Å². The molecule has 26 atom stereocenters. The van der Waals surface area contributed by atoms with Gasteiger partial charge >= 0.3 is 0 Å². The van der Waals surface area contributed by atoms with Crippen molar-refractivity contribution in [3.05, 3.63) is 11.6 Å². The van der Waals surface area contributed by atoms with Crippen molar-refractivity contribution < 1.29 is 92.3 Å². The lowest BCUT2D eigenvalue weighted by molar-refractivity contribution is -0.356. The molecule has 68 heavy (non-hydrogen) atoms. The first-order chi connectivity index (χ1) is 32.1. The Morgan fingerprint density at radius 2 is 1.15 bits per heavy atom. The average Bonchev–Trinajstić information content (AvgIpc) is 3.59. The molecule has 0 spiro atoms. The molecule has 4 aliphatic carbocycles. The first-order valence-corrected chi connectivity index (χ1v) is 24.8. The van der Waals surface area contributed by atoms with Gasteiger partial charge in [0, 0.05) is 65.0 Å². The lowest BCUT2D eigenvalue weighted by atomic mass is 9.42. The van der Waals surface area contributed by atoms with Crippen LogP contribution >= 0.6 is 0 Å². The van der Waals surface area contributed by atoms with Crippen molar-refractivity contribution in [1.29, 1.82) is 0 Å². The second-order valence-electron chi connectivity index (χ2n) is 21.6. The van der Waals surface area contributed by atoms with E-state index in [1.165, 1.54) is 14.0 Å². The van der Waals surface area contributed by atoms with Gasteiger partial charge in [-0.3, -0.25) is 4.79 Å². The third-order valence-electron chi connectivity index (χ3n) is 18.0. The Morgan fingerprint density at radius 3 is 1.65 bits per heavy atom. The van der Waals surface area contributed by atoms with Crippen LogP contribution in [0.25, 0.3) is 0 Å². The van der Waals surface area contributed by atoms with Crippen LogP contribution in [0.4, 0.5) is 0 Å². The Kier molecular flexibility index (Phi) is 15.7. The number of hydrogen-bond acceptors (Lipinski definition) is 19. The molecule has 0 aromatic rings. The van der Waals surface area contributed by atoms with E-state index >= 15 is 0 Å². The molecular weight excluding hydrogens is 893 g/mol. The van der Waals surface area contributed by atoms with Crippen molar-refractivity contribution >= 4 is 5.78 Å². The molecule has 0 amide bonds. The molecule has 3 saturated carbocycles. The van der Waals surface area contributed by atoms with Gasteiger partial charge in [0.25, 0.3) is 0 Å². The number of methoxy groups -OCH3 is 4. The second kappa shape index (κ2) is 20.2. The van der Waals surface area contributed by atoms with E-state index < -0.39 is 151 Å². The fourth-order valence-electron chi connectivity index (χ4n) is 14.2. The van der Waals surface area contributed by atoms with Crippen LogP contribution in [0, 0.1) is 22.7 Å². The lowest BCUT2D eigenvalue weighted by Crippen LogP contribution is -2.79. The summed E-state index contributed by atoms with van der Waals surface area (Å²) in [6, 6.07) is 0. The minimum atomic E-state index is -1.77. The Morgan fingerprint density at radius 1 is 0.632 bits per heavy atom. The van der Waals surface area contributed by atoms with Crippen LogP contribution in [0.1, 0.15) is 106 Å². The van der Waals surface area contributed by atoms with Gasteiger partial charge in [-0.25, -0.2) is 0 Å². The largest absolute Gasteiger partial charge is 0.390 e. The van der Waals surface area contributed by atoms with Crippen molar-refractivity contribution in [3.63, 3.8) is 0 Å². The molecule has 19 heteroatoms. The van der Waals surface area contributed by atoms with Gasteiger partial charge in [-0.05, 0) is 78.6 Å². The number of fused-ring (bicyclic) bond motifs is 5. The zero-order valence-electron chi connectivity index (χ0n) is 41.6. The van der Waals surface area contributed by atoms with E-state index in [1.807, 2.05) is 33.8 Å². The van der Waals surface area contributed by atoms with Crippen molar-refractivity contribution in [2.75, 3.05) is 28.4 Å². The van der Waals surface area contributed by atoms with E-state index in [9.17, 15) is 35.4 Å². The van der Waals surface area contributed by atoms with Crippen molar-refractivity contribution in [1.82, 2.24) is 0 Å². The van der Waals surface area contributed by atoms with Crippen LogP contribution in [0.15, 0.2) is 11.6 Å². The molecule has 4 saturated heterocycles. The van der Waals surface area contributed by atoms with Gasteiger partial charge in [-0.1, -0.05) is 25.5 Å². The molecule has 19 nitrogen and oxygen atoms in total. The molecule has 390 valence electrons. The van der Waals surface area contributed by atoms with Crippen molar-refractivity contribution in [2.24, 2.45) is 22.7 Å². The molecule has 7 fully saturated rings. The highest BCUT2D eigenvalue weighted by Gasteiger charge is 2.78. The van der Waals surface area contributed by atoms with Crippen LogP contribution in [0.5, 0.6) is 0 Å². The number of aliphatic hydroxyl groups is 6. The number of rotatable bonds is 13. The predicted octanol–water partition coefficient (Wildman–Crippen LogP) is 1.80. The minimum absolute atomic E-state index is 0.0836. The molecule has 0 radical (unpaired) electrons. The van der Waals surface area contributed by atoms with E-state index in [0.717, 1.165) is 5.57 Å². The number of aliphatic hydroxyl groups excluding tert-OH is 4. The third kappa shape index (κ3) is 8.80. The molecule has 0 aromatic heterocycles. The van der Waals surface area contributed by atoms with E-state index in [-0.39, 0.29) is 24.7 Å². The monoisotopic (exact) mass is 973 g/mol. The minimum Gasteiger partial charge on any atom is -0.390 e. The Balaban J connectivity index is 0.853. The van der Waals surface area contributed by atoms with Gasteiger partial charge in [0.05, 0.1) is 61.0 Å². The summed E-state index contributed by atoms with van der Waals surface area (Å²) in [5.74, 6) is -1.71. The molecule has 0 unspecified atom stereocenters. The Hall–Kier alpha value is -1.31. The first kappa shape index (κ1) is 53.0. The highest BCUT2D eigenvalue weighted by atomic mass is 16.8. The van der Waals surface area contributed by atoms with Crippen LogP contribution in [0.3, 0.4) is 0 Å². The summed E-state index contributed by atoms with van der Waals surface area (Å²) in [4.78, 5) is 12.7. The number of ketones is 1. The zero-order chi connectivity index (χ0) is 49.4. The topological polar surface area (TPSA) is 249 Å². The normalized spacial score (nSPS) is 54.0. The maximum atomic E-state index is 12.7. The standard InChI is InChI=1S/C49H80O19/c1-22(50)29-14-17-49(56)47(29,7)44(54)38(53)43-46(6)15-13-28(18-27(46)12-16-48(43,49)55)65-33-19-30(57-8)39(24(3)61-33)66-34-20-31(58-9)40(25(4)62-34)67-35-21-32(59-10)41(26(5)63-35)68-45-37(52)42(60-11)36(51)23(2)64-45/h12,23-26,28-45,51-56H,13-21H2,1-11H3/t23-,24-,25-,26-,28+,29-,30+,31+,32-,33+,34+,35+,36-,37-,38+,39-,40-,41-,42-,43-,44-,45+,46+,47+,48+,49-/m1/s1. The zero-order valence-corrected chi connectivity index (χ0v) is 41.6. The van der Waals surface area contributed by atoms with Gasteiger partial charge in [0.2, 0.25) is 0 Å². The summed E-state index contributed by atoms with van der Waals surface area (Å²) in [5.41, 5.74) is -4.65. The van der Waals surface area contributed by atoms with Gasteiger partial charge in [-0.15, -0.1) is 0 Å². The van der Waals surface area contributed by atoms with Gasteiger partial charge < -0.3 is 87.5 Å². The number of Topliss-reactive ketones (excluding diaryl/α,β-unsaturated/α-hetero) is 1. The van der Waals surface area contributed by atoms with Crippen molar-refractivity contribution in [3.8, 4) is 0 Å². The highest BCUT2D eigenvalue weighted by molar-refractivity contribution is 5.80. The lowest BCUT2D eigenvalue weighted by Gasteiger charge is -2.67. The SMILES string of the molecule is CO[C@H]1[C@@H](O)[C@H](O[C@@H]2[C@@H](C)O[C@@H](O[C@H]3[C@@H](OC)C[C@H](O[C@H]4[C@@H](OC)C[C@H](O[C@H]5CC[C@@]6(C)C(=CC[C@]7(O)[C@@H]6[C@H](O)[C@@H](O)[C@]6(C)[C@@H](C(C)=O)CC[C@@]67O)C5)O[C@@H]4C)O[C@@H]3C)C[C@H]2OC)O[C@H](C)[C@H]1O. The predicted molar refractivity (Wildman–Crippen MR) is 237 cm³/mol. The van der Waals surface area contributed by atoms with E-state index in [4.69, 9.17) is 56.8 Å². The summed E-state index contributed by atoms with van der Waals surface area (Å²) < 4.78 is 74.3. The molecule has 6 N–H and O–H groups in total. The Labute approximate surface area is 400 Å². The second-order valence-corrected chi connectivity index (χ2v) is 21.6. The maximum absolute atomic E-state index is 12.7. The highest BCUT2D eigenvalue weighted by Crippen LogP contribution is 2.69. The fourth-order valence-corrected chi connectivity index (χ4v) is 14.2. The number of hydrogen-bond donors (Lipinski definition) is 6. The molecule has 8 aliphatic rings. The van der Waals surface area contributed by atoms with Crippen LogP contribution < -0.4 is 0 Å². The van der Waals surface area contributed by atoms with E-state index in [2.05, 4.69) is 0 Å². The molecule has 8 rings (SSSR count). The van der Waals surface area contributed by atoms with Gasteiger partial charge in [0.1, 0.15) is 53.6 Å². The van der Waals surface area contributed by atoms with Gasteiger partial charge in [0.15, 0.2) is 25.2 Å². The van der Waals surface area contributed by atoms with Crippen molar-refractivity contribution in [2.45, 2.75) is 240 Å². The smallest absolute Gasteiger partial charge is 0.187 e.